The quantitative estimate of drug-likeness (QED) is 0.788. The van der Waals surface area contributed by atoms with Crippen molar-refractivity contribution in [3.05, 3.63) is 29.3 Å². The Balaban J connectivity index is 0.000000162. The SMILES string of the molecule is C=S(C)N1CCN(C)CC1(C)C.CCc1ccc2c(c1)N=C2. The summed E-state index contributed by atoms with van der Waals surface area (Å²) in [6.07, 6.45) is 5.20. The van der Waals surface area contributed by atoms with Crippen molar-refractivity contribution < 1.29 is 0 Å². The molecule has 1 fully saturated rings. The van der Waals surface area contributed by atoms with Crippen LogP contribution in [-0.4, -0.2) is 59.8 Å². The standard InChI is InChI=1S/C9H20N2S.C9H9N/c1-9(2)8-10(3)6-7-11(9)12(4)5;1-2-7-3-4-8-6-10-9(8)5-7/h4,6-8H2,1-3,5H3;3-6H,2H2,1H3. The molecule has 4 heteroatoms. The van der Waals surface area contributed by atoms with E-state index in [1.165, 1.54) is 17.7 Å². The van der Waals surface area contributed by atoms with Crippen LogP contribution < -0.4 is 0 Å². The Labute approximate surface area is 138 Å². The van der Waals surface area contributed by atoms with Crippen LogP contribution in [0.4, 0.5) is 5.69 Å². The van der Waals surface area contributed by atoms with Crippen LogP contribution in [0.2, 0.25) is 0 Å². The van der Waals surface area contributed by atoms with Gasteiger partial charge < -0.3 is 4.90 Å². The lowest BCUT2D eigenvalue weighted by atomic mass is 10.0. The van der Waals surface area contributed by atoms with E-state index in [1.54, 1.807) is 0 Å². The average molecular weight is 320 g/mol. The predicted molar refractivity (Wildman–Crippen MR) is 102 cm³/mol. The van der Waals surface area contributed by atoms with Crippen molar-refractivity contribution in [1.82, 2.24) is 9.21 Å². The molecule has 1 unspecified atom stereocenters. The Hall–Kier alpha value is -0.970. The number of nitrogens with zero attached hydrogens (tertiary/aromatic N) is 3. The molecule has 122 valence electrons. The monoisotopic (exact) mass is 319 g/mol. The van der Waals surface area contributed by atoms with Crippen molar-refractivity contribution in [2.45, 2.75) is 32.7 Å². The average Bonchev–Trinajstić information content (AvgIpc) is 2.39. The van der Waals surface area contributed by atoms with E-state index in [-0.39, 0.29) is 10.7 Å². The van der Waals surface area contributed by atoms with Crippen molar-refractivity contribution in [2.75, 3.05) is 32.9 Å². The van der Waals surface area contributed by atoms with E-state index in [0.29, 0.717) is 5.54 Å². The first-order chi connectivity index (χ1) is 10.3. The molecule has 0 bridgehead atoms. The minimum absolute atomic E-state index is 0.170. The number of fused-ring (bicyclic) bond motifs is 1. The highest BCUT2D eigenvalue weighted by molar-refractivity contribution is 8.11. The van der Waals surface area contributed by atoms with Gasteiger partial charge >= 0.3 is 0 Å². The van der Waals surface area contributed by atoms with E-state index in [4.69, 9.17) is 0 Å². The highest BCUT2D eigenvalue weighted by atomic mass is 32.2. The van der Waals surface area contributed by atoms with Gasteiger partial charge in [-0.15, -0.1) is 10.7 Å². The topological polar surface area (TPSA) is 18.8 Å². The summed E-state index contributed by atoms with van der Waals surface area (Å²) in [6.45, 7) is 10.3. The third-order valence-electron chi connectivity index (χ3n) is 4.24. The van der Waals surface area contributed by atoms with Gasteiger partial charge in [0.25, 0.3) is 0 Å². The summed E-state index contributed by atoms with van der Waals surface area (Å²) in [5, 5.41) is 0. The maximum Gasteiger partial charge on any atom is 0.0720 e. The van der Waals surface area contributed by atoms with E-state index >= 15 is 0 Å². The van der Waals surface area contributed by atoms with Gasteiger partial charge in [0.15, 0.2) is 0 Å². The zero-order valence-electron chi connectivity index (χ0n) is 14.6. The van der Waals surface area contributed by atoms with E-state index in [1.807, 2.05) is 6.21 Å². The van der Waals surface area contributed by atoms with Crippen LogP contribution in [0.1, 0.15) is 31.9 Å². The van der Waals surface area contributed by atoms with E-state index < -0.39 is 0 Å². The smallest absolute Gasteiger partial charge is 0.0720 e. The normalized spacial score (nSPS) is 21.3. The molecule has 2 aliphatic rings. The van der Waals surface area contributed by atoms with Crippen LogP contribution in [0.3, 0.4) is 0 Å². The molecule has 0 radical (unpaired) electrons. The zero-order chi connectivity index (χ0) is 16.3. The molecular formula is C18H29N3S. The number of benzene rings is 1. The summed E-state index contributed by atoms with van der Waals surface area (Å²) >= 11 is 0. The number of likely N-dealkylation sites (N-methyl/N-ethyl adjacent to an activating group) is 1. The van der Waals surface area contributed by atoms with Gasteiger partial charge in [-0.3, -0.25) is 4.99 Å². The molecule has 0 saturated carbocycles. The van der Waals surface area contributed by atoms with Gasteiger partial charge in [-0.1, -0.05) is 24.9 Å². The van der Waals surface area contributed by atoms with Crippen molar-refractivity contribution in [2.24, 2.45) is 4.99 Å². The summed E-state index contributed by atoms with van der Waals surface area (Å²) in [6, 6.07) is 6.43. The molecule has 1 atom stereocenters. The Kier molecular flexibility index (Phi) is 5.59. The Bertz CT molecular complexity index is 578. The summed E-state index contributed by atoms with van der Waals surface area (Å²) < 4.78 is 2.51. The molecule has 3 nitrogen and oxygen atoms in total. The lowest BCUT2D eigenvalue weighted by Crippen LogP contribution is -2.55. The van der Waals surface area contributed by atoms with Gasteiger partial charge in [-0.05, 0) is 45.2 Å². The molecule has 0 amide bonds. The molecule has 1 aromatic rings. The van der Waals surface area contributed by atoms with E-state index in [9.17, 15) is 0 Å². The fraction of sp³-hybridized carbons (Fsp3) is 0.556. The lowest BCUT2D eigenvalue weighted by molar-refractivity contribution is 0.109. The maximum absolute atomic E-state index is 4.12. The third kappa shape index (κ3) is 4.06. The molecule has 22 heavy (non-hydrogen) atoms. The van der Waals surface area contributed by atoms with Crippen molar-refractivity contribution in [1.29, 1.82) is 0 Å². The third-order valence-corrected chi connectivity index (χ3v) is 5.67. The first-order valence-corrected chi connectivity index (χ1v) is 9.68. The van der Waals surface area contributed by atoms with Crippen LogP contribution in [0, 0.1) is 0 Å². The highest BCUT2D eigenvalue weighted by Crippen LogP contribution is 2.28. The van der Waals surface area contributed by atoms with Gasteiger partial charge in [0.1, 0.15) is 0 Å². The number of aryl methyl sites for hydroxylation is 1. The molecule has 2 heterocycles. The number of hydrogen-bond donors (Lipinski definition) is 0. The number of rotatable bonds is 2. The molecular weight excluding hydrogens is 290 g/mol. The molecule has 3 rings (SSSR count). The molecule has 0 aliphatic carbocycles. The molecule has 1 aromatic carbocycles. The van der Waals surface area contributed by atoms with E-state index in [2.05, 4.69) is 72.3 Å². The van der Waals surface area contributed by atoms with Crippen LogP contribution in [0.15, 0.2) is 23.2 Å². The summed E-state index contributed by atoms with van der Waals surface area (Å²) in [5.41, 5.74) is 4.10. The van der Waals surface area contributed by atoms with Crippen LogP contribution in [-0.2, 0) is 6.42 Å². The van der Waals surface area contributed by atoms with Gasteiger partial charge in [0, 0.05) is 37.0 Å². The molecule has 0 N–H and O–H groups in total. The summed E-state index contributed by atoms with van der Waals surface area (Å²) in [5.74, 6) is 4.12. The largest absolute Gasteiger partial charge is 0.303 e. The Morgan fingerprint density at radius 1 is 1.32 bits per heavy atom. The van der Waals surface area contributed by atoms with Crippen molar-refractivity contribution in [3.8, 4) is 0 Å². The second-order valence-corrected chi connectivity index (χ2v) is 8.40. The summed E-state index contributed by atoms with van der Waals surface area (Å²) in [7, 11) is 2.36. The van der Waals surface area contributed by atoms with Gasteiger partial charge in [-0.25, -0.2) is 4.31 Å². The Morgan fingerprint density at radius 3 is 2.50 bits per heavy atom. The fourth-order valence-corrected chi connectivity index (χ4v) is 4.36. The lowest BCUT2D eigenvalue weighted by Gasteiger charge is -2.46. The first kappa shape index (κ1) is 17.4. The van der Waals surface area contributed by atoms with Crippen LogP contribution in [0.25, 0.3) is 0 Å². The van der Waals surface area contributed by atoms with Crippen LogP contribution >= 0.6 is 10.7 Å². The molecule has 2 aliphatic heterocycles. The van der Waals surface area contributed by atoms with Crippen LogP contribution in [0.5, 0.6) is 0 Å². The van der Waals surface area contributed by atoms with Gasteiger partial charge in [-0.2, -0.15) is 0 Å². The second-order valence-electron chi connectivity index (χ2n) is 6.76. The summed E-state index contributed by atoms with van der Waals surface area (Å²) in [4.78, 5) is 6.51. The number of aliphatic imine (C=N–C) groups is 1. The molecule has 0 spiro atoms. The number of hydrogen-bond acceptors (Lipinski definition) is 3. The van der Waals surface area contributed by atoms with Crippen molar-refractivity contribution >= 4 is 28.4 Å². The zero-order valence-corrected chi connectivity index (χ0v) is 15.4. The predicted octanol–water partition coefficient (Wildman–Crippen LogP) is 3.57. The molecule has 1 saturated heterocycles. The minimum Gasteiger partial charge on any atom is -0.303 e. The first-order valence-electron chi connectivity index (χ1n) is 7.92. The molecule has 0 aromatic heterocycles. The van der Waals surface area contributed by atoms with E-state index in [0.717, 1.165) is 25.2 Å². The van der Waals surface area contributed by atoms with Gasteiger partial charge in [0.05, 0.1) is 5.69 Å². The minimum atomic E-state index is 0.170. The Morgan fingerprint density at radius 2 is 2.05 bits per heavy atom. The highest BCUT2D eigenvalue weighted by Gasteiger charge is 2.32. The maximum atomic E-state index is 4.12. The number of piperazine rings is 1. The van der Waals surface area contributed by atoms with Crippen molar-refractivity contribution in [3.63, 3.8) is 0 Å². The second kappa shape index (κ2) is 7.07. The fourth-order valence-electron chi connectivity index (χ4n) is 3.06. The van der Waals surface area contributed by atoms with Gasteiger partial charge in [0.2, 0.25) is 0 Å².